The fourth-order valence-corrected chi connectivity index (χ4v) is 4.14. The van der Waals surface area contributed by atoms with Crippen LogP contribution in [0.1, 0.15) is 39.2 Å². The van der Waals surface area contributed by atoms with Crippen LogP contribution in [-0.2, 0) is 19.3 Å². The summed E-state index contributed by atoms with van der Waals surface area (Å²) in [5.41, 5.74) is 2.42. The summed E-state index contributed by atoms with van der Waals surface area (Å²) in [6.45, 7) is 0. The van der Waals surface area contributed by atoms with Crippen LogP contribution >= 0.6 is 22.9 Å². The van der Waals surface area contributed by atoms with Crippen molar-refractivity contribution in [3.8, 4) is 5.88 Å². The van der Waals surface area contributed by atoms with E-state index in [0.29, 0.717) is 12.3 Å². The van der Waals surface area contributed by atoms with Crippen LogP contribution in [0.25, 0.3) is 0 Å². The van der Waals surface area contributed by atoms with Gasteiger partial charge in [-0.2, -0.15) is 0 Å². The monoisotopic (exact) mass is 308 g/mol. The number of ether oxygens (including phenoxy) is 1. The Bertz CT molecular complexity index is 576. The first-order valence-corrected chi connectivity index (χ1v) is 8.12. The molecule has 106 valence electrons. The van der Waals surface area contributed by atoms with Gasteiger partial charge in [0.25, 0.3) is 0 Å². The molecule has 20 heavy (non-hydrogen) atoms. The quantitative estimate of drug-likeness (QED) is 0.802. The number of alkyl halides is 1. The average molecular weight is 309 g/mol. The van der Waals surface area contributed by atoms with Crippen molar-refractivity contribution in [3.63, 3.8) is 0 Å². The highest BCUT2D eigenvalue weighted by Crippen LogP contribution is 2.36. The minimum Gasteiger partial charge on any atom is -0.481 e. The summed E-state index contributed by atoms with van der Waals surface area (Å²) < 4.78 is 5.12. The summed E-state index contributed by atoms with van der Waals surface area (Å²) in [7, 11) is 1.61. The third-order valence-corrected chi connectivity index (χ3v) is 5.49. The van der Waals surface area contributed by atoms with Crippen LogP contribution in [0.3, 0.4) is 0 Å². The Morgan fingerprint density at radius 3 is 2.95 bits per heavy atom. The first-order chi connectivity index (χ1) is 9.76. The summed E-state index contributed by atoms with van der Waals surface area (Å²) in [6, 6.07) is 4.14. The molecule has 0 saturated heterocycles. The SMILES string of the molecule is COc1cc(CC(Cl)c2cc3c(s2)CCCC3)ncn1. The zero-order valence-electron chi connectivity index (χ0n) is 11.4. The fourth-order valence-electron chi connectivity index (χ4n) is 2.55. The van der Waals surface area contributed by atoms with Gasteiger partial charge in [-0.05, 0) is 37.3 Å². The van der Waals surface area contributed by atoms with Crippen molar-refractivity contribution in [2.75, 3.05) is 7.11 Å². The third-order valence-electron chi connectivity index (χ3n) is 3.62. The lowest BCUT2D eigenvalue weighted by atomic mass is 9.99. The van der Waals surface area contributed by atoms with Crippen LogP contribution in [0.15, 0.2) is 18.5 Å². The second-order valence-corrected chi connectivity index (χ2v) is 6.72. The molecular weight excluding hydrogens is 292 g/mol. The number of aryl methyl sites for hydroxylation is 2. The summed E-state index contributed by atoms with van der Waals surface area (Å²) >= 11 is 8.43. The van der Waals surface area contributed by atoms with Crippen molar-refractivity contribution in [2.45, 2.75) is 37.5 Å². The van der Waals surface area contributed by atoms with Crippen LogP contribution in [0.4, 0.5) is 0 Å². The summed E-state index contributed by atoms with van der Waals surface area (Å²) in [6.07, 6.45) is 7.26. The highest BCUT2D eigenvalue weighted by atomic mass is 35.5. The van der Waals surface area contributed by atoms with Gasteiger partial charge < -0.3 is 4.74 Å². The third kappa shape index (κ3) is 2.96. The standard InChI is InChI=1S/C15H17ClN2OS/c1-19-15-8-11(17-9-18-15)7-12(16)14-6-10-4-2-3-5-13(10)20-14/h6,8-9,12H,2-5,7H2,1H3. The molecule has 0 bridgehead atoms. The summed E-state index contributed by atoms with van der Waals surface area (Å²) in [5, 5.41) is -0.0230. The van der Waals surface area contributed by atoms with E-state index in [4.69, 9.17) is 16.3 Å². The maximum atomic E-state index is 6.57. The molecule has 0 radical (unpaired) electrons. The number of halogens is 1. The van der Waals surface area contributed by atoms with Gasteiger partial charge in [0, 0.05) is 27.9 Å². The zero-order valence-corrected chi connectivity index (χ0v) is 13.0. The second kappa shape index (κ2) is 6.10. The van der Waals surface area contributed by atoms with Gasteiger partial charge in [0.2, 0.25) is 5.88 Å². The Balaban J connectivity index is 1.75. The summed E-state index contributed by atoms with van der Waals surface area (Å²) in [5.74, 6) is 0.587. The number of hydrogen-bond acceptors (Lipinski definition) is 4. The lowest BCUT2D eigenvalue weighted by Gasteiger charge is -2.08. The minimum atomic E-state index is -0.0230. The van der Waals surface area contributed by atoms with Crippen molar-refractivity contribution >= 4 is 22.9 Å². The molecule has 2 aromatic rings. The van der Waals surface area contributed by atoms with Crippen molar-refractivity contribution in [1.82, 2.24) is 9.97 Å². The van der Waals surface area contributed by atoms with Crippen molar-refractivity contribution < 1.29 is 4.74 Å². The molecule has 1 aliphatic rings. The van der Waals surface area contributed by atoms with E-state index in [2.05, 4.69) is 16.0 Å². The van der Waals surface area contributed by atoms with Gasteiger partial charge in [-0.25, -0.2) is 9.97 Å². The van der Waals surface area contributed by atoms with Crippen molar-refractivity contribution in [3.05, 3.63) is 39.5 Å². The van der Waals surface area contributed by atoms with E-state index in [0.717, 1.165) is 5.69 Å². The number of thiophene rings is 1. The molecule has 1 aliphatic carbocycles. The van der Waals surface area contributed by atoms with Gasteiger partial charge in [-0.3, -0.25) is 0 Å². The Morgan fingerprint density at radius 2 is 2.15 bits per heavy atom. The fraction of sp³-hybridized carbons (Fsp3) is 0.467. The topological polar surface area (TPSA) is 35.0 Å². The molecule has 2 heterocycles. The molecule has 0 aromatic carbocycles. The molecule has 0 N–H and O–H groups in total. The van der Waals surface area contributed by atoms with Crippen molar-refractivity contribution in [2.24, 2.45) is 0 Å². The number of rotatable bonds is 4. The van der Waals surface area contributed by atoms with E-state index in [1.54, 1.807) is 7.11 Å². The molecule has 1 atom stereocenters. The maximum absolute atomic E-state index is 6.57. The number of methoxy groups -OCH3 is 1. The smallest absolute Gasteiger partial charge is 0.216 e. The van der Waals surface area contributed by atoms with Gasteiger partial charge in [-0.1, -0.05) is 0 Å². The first-order valence-electron chi connectivity index (χ1n) is 6.86. The highest BCUT2D eigenvalue weighted by Gasteiger charge is 2.18. The number of hydrogen-bond donors (Lipinski definition) is 0. The molecule has 0 aliphatic heterocycles. The highest BCUT2D eigenvalue weighted by molar-refractivity contribution is 7.12. The Labute approximate surface area is 128 Å². The normalized spacial score (nSPS) is 15.7. The molecule has 3 nitrogen and oxygen atoms in total. The average Bonchev–Trinajstić information content (AvgIpc) is 2.91. The number of aromatic nitrogens is 2. The Morgan fingerprint density at radius 1 is 1.30 bits per heavy atom. The minimum absolute atomic E-state index is 0.0230. The summed E-state index contributed by atoms with van der Waals surface area (Å²) in [4.78, 5) is 11.1. The molecule has 0 fully saturated rings. The van der Waals surface area contributed by atoms with E-state index in [-0.39, 0.29) is 5.38 Å². The van der Waals surface area contributed by atoms with E-state index in [1.165, 1.54) is 47.3 Å². The van der Waals surface area contributed by atoms with Crippen molar-refractivity contribution in [1.29, 1.82) is 0 Å². The molecule has 2 aromatic heterocycles. The van der Waals surface area contributed by atoms with Gasteiger partial charge in [0.05, 0.1) is 12.5 Å². The number of nitrogens with zero attached hydrogens (tertiary/aromatic N) is 2. The molecule has 0 saturated carbocycles. The largest absolute Gasteiger partial charge is 0.481 e. The van der Waals surface area contributed by atoms with Crippen LogP contribution in [0.2, 0.25) is 0 Å². The Kier molecular flexibility index (Phi) is 4.22. The number of fused-ring (bicyclic) bond motifs is 1. The van der Waals surface area contributed by atoms with E-state index < -0.39 is 0 Å². The molecule has 3 rings (SSSR count). The van der Waals surface area contributed by atoms with Gasteiger partial charge in [0.15, 0.2) is 0 Å². The predicted molar refractivity (Wildman–Crippen MR) is 81.8 cm³/mol. The van der Waals surface area contributed by atoms with Crippen LogP contribution < -0.4 is 4.74 Å². The van der Waals surface area contributed by atoms with Gasteiger partial charge in [-0.15, -0.1) is 22.9 Å². The van der Waals surface area contributed by atoms with Crippen LogP contribution in [-0.4, -0.2) is 17.1 Å². The predicted octanol–water partition coefficient (Wildman–Crippen LogP) is 3.95. The lowest BCUT2D eigenvalue weighted by Crippen LogP contribution is -1.98. The van der Waals surface area contributed by atoms with Crippen LogP contribution in [0, 0.1) is 0 Å². The lowest BCUT2D eigenvalue weighted by molar-refractivity contribution is 0.396. The van der Waals surface area contributed by atoms with Gasteiger partial charge in [0.1, 0.15) is 6.33 Å². The molecular formula is C15H17ClN2OS. The molecule has 1 unspecified atom stereocenters. The van der Waals surface area contributed by atoms with Gasteiger partial charge >= 0.3 is 0 Å². The zero-order chi connectivity index (χ0) is 13.9. The maximum Gasteiger partial charge on any atom is 0.216 e. The van der Waals surface area contributed by atoms with E-state index in [1.807, 2.05) is 17.4 Å². The van der Waals surface area contributed by atoms with E-state index in [9.17, 15) is 0 Å². The first kappa shape index (κ1) is 13.8. The molecule has 0 spiro atoms. The molecule has 5 heteroatoms. The second-order valence-electron chi connectivity index (χ2n) is 5.03. The Hall–Kier alpha value is -1.13. The molecule has 0 amide bonds. The van der Waals surface area contributed by atoms with E-state index >= 15 is 0 Å². The van der Waals surface area contributed by atoms with Crippen LogP contribution in [0.5, 0.6) is 5.88 Å².